The second-order valence-corrected chi connectivity index (χ2v) is 8.31. The number of alkyl halides is 3. The third kappa shape index (κ3) is 4.33. The van der Waals surface area contributed by atoms with Crippen LogP contribution in [0.5, 0.6) is 0 Å². The summed E-state index contributed by atoms with van der Waals surface area (Å²) in [6.07, 6.45) is -3.12. The third-order valence-electron chi connectivity index (χ3n) is 6.15. The maximum atomic E-state index is 13.3. The van der Waals surface area contributed by atoms with Gasteiger partial charge in [0.2, 0.25) is 5.89 Å². The van der Waals surface area contributed by atoms with E-state index >= 15 is 0 Å². The van der Waals surface area contributed by atoms with Crippen LogP contribution in [0.1, 0.15) is 57.5 Å². The molecule has 10 heteroatoms. The maximum Gasteiger partial charge on any atom is 0.416 e. The summed E-state index contributed by atoms with van der Waals surface area (Å²) >= 11 is 0. The summed E-state index contributed by atoms with van der Waals surface area (Å²) in [5, 5.41) is 13.8. The van der Waals surface area contributed by atoms with Crippen LogP contribution in [0.3, 0.4) is 0 Å². The van der Waals surface area contributed by atoms with E-state index in [1.165, 1.54) is 18.2 Å². The number of hydrogen-bond donors (Lipinski definition) is 1. The number of benzene rings is 2. The quantitative estimate of drug-likeness (QED) is 0.550. The summed E-state index contributed by atoms with van der Waals surface area (Å²) in [7, 11) is 0. The number of likely N-dealkylation sites (tertiary alicyclic amines) is 1. The second kappa shape index (κ2) is 8.82. The Morgan fingerprint density at radius 3 is 2.38 bits per heavy atom. The zero-order chi connectivity index (χ0) is 24.6. The highest BCUT2D eigenvalue weighted by molar-refractivity contribution is 6.00. The van der Waals surface area contributed by atoms with E-state index in [0.717, 1.165) is 12.1 Å². The molecular weight excluding hydrogens is 447 g/mol. The number of hydrogen-bond acceptors (Lipinski definition) is 6. The number of anilines is 1. The van der Waals surface area contributed by atoms with E-state index < -0.39 is 11.7 Å². The molecule has 176 valence electrons. The zero-order valence-corrected chi connectivity index (χ0v) is 18.6. The largest absolute Gasteiger partial charge is 0.416 e. The van der Waals surface area contributed by atoms with E-state index in [1.54, 1.807) is 18.7 Å². The minimum Gasteiger partial charge on any atom is -0.398 e. The van der Waals surface area contributed by atoms with Crippen molar-refractivity contribution in [3.63, 3.8) is 0 Å². The molecule has 34 heavy (non-hydrogen) atoms. The number of nitriles is 1. The number of carbonyl (C=O) groups excluding carboxylic acids is 1. The fraction of sp³-hybridized carbons (Fsp3) is 0.333. The Morgan fingerprint density at radius 2 is 1.85 bits per heavy atom. The van der Waals surface area contributed by atoms with Crippen LogP contribution in [0.15, 0.2) is 34.9 Å². The molecule has 3 aromatic rings. The Bertz CT molecular complexity index is 1270. The van der Waals surface area contributed by atoms with Gasteiger partial charge in [-0.1, -0.05) is 17.3 Å². The fourth-order valence-corrected chi connectivity index (χ4v) is 4.29. The van der Waals surface area contributed by atoms with Crippen molar-refractivity contribution in [3.05, 3.63) is 64.3 Å². The lowest BCUT2D eigenvalue weighted by molar-refractivity contribution is -0.137. The monoisotopic (exact) mass is 469 g/mol. The minimum atomic E-state index is -4.47. The fourth-order valence-electron chi connectivity index (χ4n) is 4.29. The first-order chi connectivity index (χ1) is 16.1. The molecule has 0 bridgehead atoms. The van der Waals surface area contributed by atoms with Crippen LogP contribution in [0.2, 0.25) is 0 Å². The molecule has 1 fully saturated rings. The van der Waals surface area contributed by atoms with Gasteiger partial charge in [0.25, 0.3) is 5.91 Å². The first kappa shape index (κ1) is 23.3. The van der Waals surface area contributed by atoms with Crippen LogP contribution >= 0.6 is 0 Å². The molecule has 0 spiro atoms. The van der Waals surface area contributed by atoms with Gasteiger partial charge in [-0.3, -0.25) is 4.79 Å². The van der Waals surface area contributed by atoms with Gasteiger partial charge in [-0.05, 0) is 49.1 Å². The molecule has 0 aliphatic carbocycles. The van der Waals surface area contributed by atoms with Crippen LogP contribution < -0.4 is 5.73 Å². The molecule has 1 aliphatic rings. The molecule has 4 rings (SSSR count). The van der Waals surface area contributed by atoms with Gasteiger partial charge < -0.3 is 15.2 Å². The predicted molar refractivity (Wildman–Crippen MR) is 118 cm³/mol. The van der Waals surface area contributed by atoms with Gasteiger partial charge in [-0.15, -0.1) is 0 Å². The van der Waals surface area contributed by atoms with Crippen molar-refractivity contribution < 1.29 is 22.5 Å². The summed E-state index contributed by atoms with van der Waals surface area (Å²) in [5.41, 5.74) is 7.18. The van der Waals surface area contributed by atoms with Crippen LogP contribution in [-0.2, 0) is 6.18 Å². The number of halogens is 3. The molecule has 1 amide bonds. The Hall–Kier alpha value is -3.87. The highest BCUT2D eigenvalue weighted by Crippen LogP contribution is 2.37. The van der Waals surface area contributed by atoms with Gasteiger partial charge >= 0.3 is 6.18 Å². The van der Waals surface area contributed by atoms with Crippen LogP contribution in [0.25, 0.3) is 11.1 Å². The summed E-state index contributed by atoms with van der Waals surface area (Å²) in [6, 6.07) is 8.02. The lowest BCUT2D eigenvalue weighted by atomic mass is 9.90. The molecular formula is C24H22F3N5O2. The topological polar surface area (TPSA) is 109 Å². The second-order valence-electron chi connectivity index (χ2n) is 8.31. The Labute approximate surface area is 194 Å². The first-order valence-corrected chi connectivity index (χ1v) is 10.7. The summed E-state index contributed by atoms with van der Waals surface area (Å²) < 4.78 is 43.8. The molecule has 0 atom stereocenters. The van der Waals surface area contributed by atoms with Gasteiger partial charge in [-0.25, -0.2) is 0 Å². The van der Waals surface area contributed by atoms with E-state index in [4.69, 9.17) is 10.3 Å². The van der Waals surface area contributed by atoms with Crippen molar-refractivity contribution >= 4 is 11.6 Å². The highest BCUT2D eigenvalue weighted by atomic mass is 19.4. The molecule has 1 aromatic heterocycles. The Morgan fingerprint density at radius 1 is 1.21 bits per heavy atom. The number of nitrogens with two attached hydrogens (primary N) is 1. The van der Waals surface area contributed by atoms with E-state index in [-0.39, 0.29) is 23.1 Å². The Kier molecular flexibility index (Phi) is 6.04. The van der Waals surface area contributed by atoms with E-state index in [2.05, 4.69) is 16.2 Å². The number of aromatic nitrogens is 2. The summed E-state index contributed by atoms with van der Waals surface area (Å²) in [5.74, 6) is 0.987. The van der Waals surface area contributed by atoms with Crippen molar-refractivity contribution in [1.29, 1.82) is 5.26 Å². The smallest absolute Gasteiger partial charge is 0.398 e. The van der Waals surface area contributed by atoms with Gasteiger partial charge in [-0.2, -0.15) is 23.4 Å². The molecule has 2 heterocycles. The SMILES string of the molecule is Cc1nc(C2CCN(C(=O)c3cc(N)c(-c4ccc(C(F)(F)F)cc4)c(C#N)c3C)CC2)no1. The average molecular weight is 469 g/mol. The molecule has 2 N–H and O–H groups in total. The number of piperidine rings is 1. The number of amides is 1. The minimum absolute atomic E-state index is 0.101. The lowest BCUT2D eigenvalue weighted by Gasteiger charge is -2.31. The number of nitrogens with zero attached hydrogens (tertiary/aromatic N) is 4. The molecule has 2 aromatic carbocycles. The van der Waals surface area contributed by atoms with Crippen molar-refractivity contribution in [2.24, 2.45) is 0 Å². The molecule has 7 nitrogen and oxygen atoms in total. The average Bonchev–Trinajstić information content (AvgIpc) is 3.25. The molecule has 1 aliphatic heterocycles. The van der Waals surface area contributed by atoms with Gasteiger partial charge in [0.05, 0.1) is 11.1 Å². The summed E-state index contributed by atoms with van der Waals surface area (Å²) in [6.45, 7) is 4.34. The first-order valence-electron chi connectivity index (χ1n) is 10.7. The van der Waals surface area contributed by atoms with Crippen molar-refractivity contribution in [2.45, 2.75) is 38.8 Å². The van der Waals surface area contributed by atoms with E-state index in [0.29, 0.717) is 59.9 Å². The number of aryl methyl sites for hydroxylation is 1. The van der Waals surface area contributed by atoms with Gasteiger partial charge in [0.15, 0.2) is 5.82 Å². The van der Waals surface area contributed by atoms with Crippen molar-refractivity contribution in [1.82, 2.24) is 15.0 Å². The predicted octanol–water partition coefficient (Wildman–Crippen LogP) is 4.85. The van der Waals surface area contributed by atoms with Crippen LogP contribution in [0.4, 0.5) is 18.9 Å². The normalized spacial score (nSPS) is 14.8. The van der Waals surface area contributed by atoms with E-state index in [9.17, 15) is 23.2 Å². The molecule has 1 saturated heterocycles. The lowest BCUT2D eigenvalue weighted by Crippen LogP contribution is -2.38. The number of carbonyl (C=O) groups is 1. The molecule has 0 radical (unpaired) electrons. The molecule has 0 unspecified atom stereocenters. The van der Waals surface area contributed by atoms with Gasteiger partial charge in [0, 0.05) is 42.7 Å². The van der Waals surface area contributed by atoms with Gasteiger partial charge in [0.1, 0.15) is 6.07 Å². The van der Waals surface area contributed by atoms with Crippen molar-refractivity contribution in [2.75, 3.05) is 18.8 Å². The van der Waals surface area contributed by atoms with E-state index in [1.807, 2.05) is 0 Å². The van der Waals surface area contributed by atoms with Crippen molar-refractivity contribution in [3.8, 4) is 17.2 Å². The number of nitrogen functional groups attached to an aromatic ring is 1. The standard InChI is InChI=1S/C24H22F3N5O2/c1-13-18(23(33)32-9-7-16(8-10-32)22-30-14(2)34-31-22)11-20(29)21(19(13)12-28)15-3-5-17(6-4-15)24(25,26)27/h3-6,11,16H,7-10,29H2,1-2H3. The summed E-state index contributed by atoms with van der Waals surface area (Å²) in [4.78, 5) is 19.2. The number of rotatable bonds is 3. The molecule has 0 saturated carbocycles. The Balaban J connectivity index is 1.60. The highest BCUT2D eigenvalue weighted by Gasteiger charge is 2.31. The third-order valence-corrected chi connectivity index (χ3v) is 6.15. The maximum absolute atomic E-state index is 13.3. The van der Waals surface area contributed by atoms with Crippen LogP contribution in [-0.4, -0.2) is 34.0 Å². The zero-order valence-electron chi connectivity index (χ0n) is 18.6. The van der Waals surface area contributed by atoms with Crippen LogP contribution in [0, 0.1) is 25.2 Å².